The van der Waals surface area contributed by atoms with Crippen molar-refractivity contribution in [3.05, 3.63) is 64.9 Å². The van der Waals surface area contributed by atoms with Crippen molar-refractivity contribution in [1.29, 1.82) is 0 Å². The van der Waals surface area contributed by atoms with Gasteiger partial charge in [-0.2, -0.15) is 4.98 Å². The summed E-state index contributed by atoms with van der Waals surface area (Å²) in [6, 6.07) is 14.1. The number of primary amides is 1. The molecule has 0 radical (unpaired) electrons. The fourth-order valence-corrected chi connectivity index (χ4v) is 4.37. The van der Waals surface area contributed by atoms with Gasteiger partial charge in [-0.25, -0.2) is 9.37 Å². The highest BCUT2D eigenvalue weighted by Crippen LogP contribution is 2.33. The number of fused-ring (bicyclic) bond motifs is 1. The molecule has 1 amide bonds. The Morgan fingerprint density at radius 2 is 1.86 bits per heavy atom. The molecular weight excluding hydrogens is 485 g/mol. The van der Waals surface area contributed by atoms with E-state index in [0.29, 0.717) is 21.9 Å². The first-order valence-electron chi connectivity index (χ1n) is 11.5. The highest BCUT2D eigenvalue weighted by atomic mass is 35.5. The van der Waals surface area contributed by atoms with E-state index in [9.17, 15) is 9.18 Å². The molecule has 0 unspecified atom stereocenters. The SMILES string of the molecule is CC(C)(C(N)=O)c1ccc(Oc2nc3nc(-c4ccc(N5CCOCC5)cc4)c(Cl)cc3[nH]2)cc1F. The lowest BCUT2D eigenvalue weighted by Crippen LogP contribution is -2.36. The van der Waals surface area contributed by atoms with E-state index >= 15 is 0 Å². The molecule has 10 heteroatoms. The monoisotopic (exact) mass is 509 g/mol. The maximum atomic E-state index is 14.7. The van der Waals surface area contributed by atoms with Crippen molar-refractivity contribution < 1.29 is 18.7 Å². The van der Waals surface area contributed by atoms with Gasteiger partial charge in [-0.15, -0.1) is 0 Å². The molecule has 0 saturated carbocycles. The number of hydrogen-bond donors (Lipinski definition) is 2. The number of hydrogen-bond acceptors (Lipinski definition) is 6. The molecule has 2 aromatic heterocycles. The molecule has 4 aromatic rings. The number of ether oxygens (including phenoxy) is 2. The van der Waals surface area contributed by atoms with Crippen molar-refractivity contribution >= 4 is 34.4 Å². The van der Waals surface area contributed by atoms with Gasteiger partial charge in [0.1, 0.15) is 11.6 Å². The zero-order valence-corrected chi connectivity index (χ0v) is 20.6. The summed E-state index contributed by atoms with van der Waals surface area (Å²) in [5.74, 6) is -1.01. The molecule has 0 aliphatic carbocycles. The van der Waals surface area contributed by atoms with Crippen LogP contribution in [0.3, 0.4) is 0 Å². The van der Waals surface area contributed by atoms with Gasteiger partial charge in [-0.3, -0.25) is 4.79 Å². The molecule has 1 aliphatic rings. The maximum absolute atomic E-state index is 14.7. The van der Waals surface area contributed by atoms with Gasteiger partial charge in [-0.05, 0) is 38.1 Å². The summed E-state index contributed by atoms with van der Waals surface area (Å²) < 4.78 is 25.8. The highest BCUT2D eigenvalue weighted by molar-refractivity contribution is 6.33. The smallest absolute Gasteiger partial charge is 0.301 e. The van der Waals surface area contributed by atoms with Crippen LogP contribution in [0.2, 0.25) is 5.02 Å². The average molecular weight is 510 g/mol. The predicted molar refractivity (Wildman–Crippen MR) is 136 cm³/mol. The van der Waals surface area contributed by atoms with Crippen molar-refractivity contribution in [3.63, 3.8) is 0 Å². The van der Waals surface area contributed by atoms with Crippen molar-refractivity contribution in [2.45, 2.75) is 19.3 Å². The zero-order valence-electron chi connectivity index (χ0n) is 19.8. The molecule has 2 aromatic carbocycles. The number of H-pyrrole nitrogens is 1. The van der Waals surface area contributed by atoms with Crippen LogP contribution in [0.4, 0.5) is 10.1 Å². The number of carbonyl (C=O) groups excluding carboxylic acids is 1. The van der Waals surface area contributed by atoms with Gasteiger partial charge in [0.05, 0.1) is 34.9 Å². The molecule has 186 valence electrons. The van der Waals surface area contributed by atoms with Crippen molar-refractivity contribution in [3.8, 4) is 23.0 Å². The van der Waals surface area contributed by atoms with Crippen molar-refractivity contribution in [2.24, 2.45) is 5.73 Å². The molecule has 5 rings (SSSR count). The second-order valence-electron chi connectivity index (χ2n) is 9.11. The van der Waals surface area contributed by atoms with Crippen LogP contribution in [0.15, 0.2) is 48.5 Å². The number of rotatable bonds is 6. The highest BCUT2D eigenvalue weighted by Gasteiger charge is 2.30. The van der Waals surface area contributed by atoms with Crippen molar-refractivity contribution in [1.82, 2.24) is 15.0 Å². The number of pyridine rings is 1. The molecule has 8 nitrogen and oxygen atoms in total. The predicted octanol–water partition coefficient (Wildman–Crippen LogP) is 4.81. The Balaban J connectivity index is 1.38. The molecule has 0 spiro atoms. The van der Waals surface area contributed by atoms with Crippen LogP contribution < -0.4 is 15.4 Å². The first kappa shape index (κ1) is 24.0. The lowest BCUT2D eigenvalue weighted by atomic mass is 9.83. The Hall–Kier alpha value is -3.69. The third kappa shape index (κ3) is 4.59. The van der Waals surface area contributed by atoms with E-state index in [1.165, 1.54) is 12.1 Å². The fourth-order valence-electron chi connectivity index (χ4n) is 4.11. The van der Waals surface area contributed by atoms with Crippen LogP contribution in [0.5, 0.6) is 11.8 Å². The summed E-state index contributed by atoms with van der Waals surface area (Å²) in [5, 5.41) is 0.459. The number of amides is 1. The van der Waals surface area contributed by atoms with Gasteiger partial charge in [-0.1, -0.05) is 29.8 Å². The van der Waals surface area contributed by atoms with Crippen LogP contribution in [0, 0.1) is 5.82 Å². The van der Waals surface area contributed by atoms with Crippen LogP contribution >= 0.6 is 11.6 Å². The number of imidazole rings is 1. The number of anilines is 1. The maximum Gasteiger partial charge on any atom is 0.301 e. The first-order valence-corrected chi connectivity index (χ1v) is 11.9. The van der Waals surface area contributed by atoms with Gasteiger partial charge in [0, 0.05) is 36.0 Å². The Morgan fingerprint density at radius 1 is 1.14 bits per heavy atom. The van der Waals surface area contributed by atoms with Gasteiger partial charge in [0.25, 0.3) is 0 Å². The minimum absolute atomic E-state index is 0.134. The second kappa shape index (κ2) is 9.40. The van der Waals surface area contributed by atoms with Crippen LogP contribution in [-0.4, -0.2) is 47.2 Å². The molecule has 1 fully saturated rings. The summed E-state index contributed by atoms with van der Waals surface area (Å²) in [7, 11) is 0. The van der Waals surface area contributed by atoms with Gasteiger partial charge in [0.15, 0.2) is 5.65 Å². The van der Waals surface area contributed by atoms with Crippen LogP contribution in [0.25, 0.3) is 22.4 Å². The van der Waals surface area contributed by atoms with E-state index in [-0.39, 0.29) is 17.3 Å². The number of halogens is 2. The summed E-state index contributed by atoms with van der Waals surface area (Å²) >= 11 is 6.54. The molecule has 1 aliphatic heterocycles. The molecule has 0 bridgehead atoms. The molecule has 3 N–H and O–H groups in total. The molecule has 1 saturated heterocycles. The van der Waals surface area contributed by atoms with E-state index in [0.717, 1.165) is 37.6 Å². The molecular formula is C26H25ClFN5O3. The number of aromatic amines is 1. The largest absolute Gasteiger partial charge is 0.425 e. The molecule has 3 heterocycles. The number of carbonyl (C=O) groups is 1. The van der Waals surface area contributed by atoms with Crippen molar-refractivity contribution in [2.75, 3.05) is 31.2 Å². The lowest BCUT2D eigenvalue weighted by Gasteiger charge is -2.28. The van der Waals surface area contributed by atoms with Gasteiger partial charge >= 0.3 is 6.01 Å². The van der Waals surface area contributed by atoms with Gasteiger partial charge in [0.2, 0.25) is 5.91 Å². The fraction of sp³-hybridized carbons (Fsp3) is 0.269. The van der Waals surface area contributed by atoms with Crippen LogP contribution in [0.1, 0.15) is 19.4 Å². The Morgan fingerprint density at radius 3 is 2.53 bits per heavy atom. The minimum atomic E-state index is -1.15. The Labute approximate surface area is 212 Å². The number of aromatic nitrogens is 3. The van der Waals surface area contributed by atoms with Gasteiger partial charge < -0.3 is 25.1 Å². The van der Waals surface area contributed by atoms with E-state index in [1.807, 2.05) is 24.3 Å². The van der Waals surface area contributed by atoms with E-state index in [4.69, 9.17) is 26.8 Å². The third-order valence-electron chi connectivity index (χ3n) is 6.37. The first-order chi connectivity index (χ1) is 17.2. The number of nitrogens with two attached hydrogens (primary N) is 1. The number of morpholine rings is 1. The molecule has 0 atom stereocenters. The second-order valence-corrected chi connectivity index (χ2v) is 9.52. The summed E-state index contributed by atoms with van der Waals surface area (Å²) in [6.07, 6.45) is 0. The van der Waals surface area contributed by atoms with E-state index in [2.05, 4.69) is 19.9 Å². The lowest BCUT2D eigenvalue weighted by molar-refractivity contribution is -0.122. The van der Waals surface area contributed by atoms with Crippen LogP contribution in [-0.2, 0) is 14.9 Å². The minimum Gasteiger partial charge on any atom is -0.425 e. The summed E-state index contributed by atoms with van der Waals surface area (Å²) in [4.78, 5) is 26.0. The quantitative estimate of drug-likeness (QED) is 0.386. The Kier molecular flexibility index (Phi) is 6.27. The number of nitrogens with one attached hydrogen (secondary N) is 1. The van der Waals surface area contributed by atoms with E-state index < -0.39 is 17.1 Å². The topological polar surface area (TPSA) is 106 Å². The summed E-state index contributed by atoms with van der Waals surface area (Å²) in [6.45, 7) is 6.29. The normalized spacial score (nSPS) is 14.3. The standard InChI is InChI=1S/C26H25ClFN5O3/c1-26(2,24(29)34)18-8-7-17(13-20(18)28)36-25-30-21-14-19(27)22(31-23(21)32-25)15-3-5-16(6-4-15)33-9-11-35-12-10-33/h3-8,13-14H,9-12H2,1-2H3,(H2,29,34)(H,30,31,32). The number of benzene rings is 2. The zero-order chi connectivity index (χ0) is 25.4. The number of nitrogens with zero attached hydrogens (tertiary/aromatic N) is 3. The third-order valence-corrected chi connectivity index (χ3v) is 6.65. The van der Waals surface area contributed by atoms with E-state index in [1.54, 1.807) is 26.0 Å². The average Bonchev–Trinajstić information content (AvgIpc) is 3.24. The summed E-state index contributed by atoms with van der Waals surface area (Å²) in [5.41, 5.74) is 8.00. The molecule has 36 heavy (non-hydrogen) atoms. The Bertz CT molecular complexity index is 1430.